The minimum Gasteiger partial charge on any atom is -0.387 e. The van der Waals surface area contributed by atoms with Gasteiger partial charge in [-0.1, -0.05) is 29.9 Å². The van der Waals surface area contributed by atoms with Gasteiger partial charge in [0.25, 0.3) is 0 Å². The third kappa shape index (κ3) is 2.87. The van der Waals surface area contributed by atoms with Gasteiger partial charge in [-0.15, -0.1) is 5.10 Å². The third-order valence-electron chi connectivity index (χ3n) is 3.23. The fourth-order valence-corrected chi connectivity index (χ4v) is 3.18. The smallest absolute Gasteiger partial charge is 0.0972 e. The molecule has 0 bridgehead atoms. The summed E-state index contributed by atoms with van der Waals surface area (Å²) < 4.78 is 5.79. The Morgan fingerprint density at radius 1 is 1.40 bits per heavy atom. The van der Waals surface area contributed by atoms with E-state index in [-0.39, 0.29) is 5.92 Å². The number of rotatable bonds is 5. The second-order valence-electron chi connectivity index (χ2n) is 5.06. The number of aryl methyl sites for hydroxylation is 2. The monoisotopic (exact) mass is 314 g/mol. The van der Waals surface area contributed by atoms with Crippen LogP contribution in [0.3, 0.4) is 0 Å². The Morgan fingerprint density at radius 3 is 2.70 bits per heavy atom. The van der Waals surface area contributed by atoms with Crippen molar-refractivity contribution >= 4 is 23.1 Å². The summed E-state index contributed by atoms with van der Waals surface area (Å²) in [6.07, 6.45) is -0.219. The lowest BCUT2D eigenvalue weighted by molar-refractivity contribution is 0.177. The van der Waals surface area contributed by atoms with Crippen molar-refractivity contribution in [2.45, 2.75) is 52.7 Å². The van der Waals surface area contributed by atoms with Crippen molar-refractivity contribution in [2.75, 3.05) is 0 Å². The Labute approximate surface area is 127 Å². The molecule has 7 heteroatoms. The molecular weight excluding hydrogens is 296 g/mol. The van der Waals surface area contributed by atoms with Crippen LogP contribution >= 0.6 is 23.1 Å². The highest BCUT2D eigenvalue weighted by molar-refractivity contribution is 7.05. The number of aromatic nitrogens is 4. The van der Waals surface area contributed by atoms with Crippen molar-refractivity contribution in [1.82, 2.24) is 19.4 Å². The first-order valence-corrected chi connectivity index (χ1v) is 7.82. The Bertz CT molecular complexity index is 593. The molecule has 0 saturated heterocycles. The first-order valence-electron chi connectivity index (χ1n) is 6.67. The molecule has 1 atom stereocenters. The molecule has 2 aromatic rings. The number of aliphatic hydroxyl groups excluding tert-OH is 1. The molecule has 0 aliphatic carbocycles. The van der Waals surface area contributed by atoms with E-state index in [0.717, 1.165) is 28.5 Å². The first kappa shape index (κ1) is 15.4. The molecule has 110 valence electrons. The highest BCUT2D eigenvalue weighted by atomic mass is 35.5. The zero-order chi connectivity index (χ0) is 14.9. The van der Waals surface area contributed by atoms with E-state index in [4.69, 9.17) is 11.6 Å². The first-order chi connectivity index (χ1) is 9.45. The number of aliphatic hydroxyl groups is 1. The van der Waals surface area contributed by atoms with Gasteiger partial charge in [-0.2, -0.15) is 5.10 Å². The highest BCUT2D eigenvalue weighted by Gasteiger charge is 2.23. The van der Waals surface area contributed by atoms with Crippen molar-refractivity contribution in [2.24, 2.45) is 0 Å². The average Bonchev–Trinajstić information content (AvgIpc) is 2.99. The molecule has 2 heterocycles. The molecule has 2 rings (SSSR count). The van der Waals surface area contributed by atoms with Crippen LogP contribution in [0.1, 0.15) is 54.8 Å². The Kier molecular flexibility index (Phi) is 4.78. The quantitative estimate of drug-likeness (QED) is 0.921. The third-order valence-corrected chi connectivity index (χ3v) is 4.56. The van der Waals surface area contributed by atoms with Crippen molar-refractivity contribution < 1.29 is 5.11 Å². The van der Waals surface area contributed by atoms with Gasteiger partial charge >= 0.3 is 0 Å². The van der Waals surface area contributed by atoms with Crippen molar-refractivity contribution in [1.29, 1.82) is 0 Å². The van der Waals surface area contributed by atoms with E-state index in [1.807, 2.05) is 32.4 Å². The minimum atomic E-state index is -0.647. The van der Waals surface area contributed by atoms with E-state index in [1.54, 1.807) is 0 Å². The SMILES string of the molecule is CCn1nc(C)c(Cl)c1CC(O)c1snnc1C(C)C. The molecule has 5 nitrogen and oxygen atoms in total. The number of halogens is 1. The van der Waals surface area contributed by atoms with Gasteiger partial charge in [-0.3, -0.25) is 4.68 Å². The van der Waals surface area contributed by atoms with E-state index in [2.05, 4.69) is 14.7 Å². The van der Waals surface area contributed by atoms with Gasteiger partial charge in [0.05, 0.1) is 33.1 Å². The highest BCUT2D eigenvalue weighted by Crippen LogP contribution is 2.31. The van der Waals surface area contributed by atoms with Crippen LogP contribution in [0.2, 0.25) is 5.02 Å². The number of nitrogens with zero attached hydrogens (tertiary/aromatic N) is 4. The molecule has 0 aromatic carbocycles. The maximum absolute atomic E-state index is 10.5. The average molecular weight is 315 g/mol. The van der Waals surface area contributed by atoms with Gasteiger partial charge in [-0.25, -0.2) is 0 Å². The van der Waals surface area contributed by atoms with Gasteiger partial charge in [0.15, 0.2) is 0 Å². The largest absolute Gasteiger partial charge is 0.387 e. The molecule has 1 unspecified atom stereocenters. The van der Waals surface area contributed by atoms with Crippen molar-refractivity contribution in [3.63, 3.8) is 0 Å². The number of hydrogen-bond donors (Lipinski definition) is 1. The van der Waals surface area contributed by atoms with Crippen LogP contribution < -0.4 is 0 Å². The normalized spacial score (nSPS) is 13.2. The maximum Gasteiger partial charge on any atom is 0.0972 e. The summed E-state index contributed by atoms with van der Waals surface area (Å²) in [5.41, 5.74) is 2.52. The van der Waals surface area contributed by atoms with E-state index in [1.165, 1.54) is 11.5 Å². The molecule has 0 saturated carbocycles. The molecule has 0 aliphatic rings. The predicted molar refractivity (Wildman–Crippen MR) is 80.3 cm³/mol. The van der Waals surface area contributed by atoms with Gasteiger partial charge in [-0.05, 0) is 31.3 Å². The fourth-order valence-electron chi connectivity index (χ4n) is 2.18. The van der Waals surface area contributed by atoms with Gasteiger partial charge in [0, 0.05) is 13.0 Å². The summed E-state index contributed by atoms with van der Waals surface area (Å²) in [4.78, 5) is 0.817. The Hall–Kier alpha value is -0.980. The summed E-state index contributed by atoms with van der Waals surface area (Å²) in [6, 6.07) is 0. The standard InChI is InChI=1S/C13H19ClN4OS/c1-5-18-9(11(14)8(4)16-18)6-10(19)13-12(7(2)3)15-17-20-13/h7,10,19H,5-6H2,1-4H3. The van der Waals surface area contributed by atoms with E-state index in [0.29, 0.717) is 11.4 Å². The van der Waals surface area contributed by atoms with Crippen LogP contribution in [0.4, 0.5) is 0 Å². The second-order valence-corrected chi connectivity index (χ2v) is 6.22. The summed E-state index contributed by atoms with van der Waals surface area (Å²) in [5, 5.41) is 19.6. The molecule has 1 N–H and O–H groups in total. The molecule has 0 spiro atoms. The Balaban J connectivity index is 2.28. The zero-order valence-electron chi connectivity index (χ0n) is 12.1. The van der Waals surface area contributed by atoms with Gasteiger partial charge in [0.2, 0.25) is 0 Å². The fraction of sp³-hybridized carbons (Fsp3) is 0.615. The van der Waals surface area contributed by atoms with E-state index < -0.39 is 6.10 Å². The second kappa shape index (κ2) is 6.20. The molecule has 20 heavy (non-hydrogen) atoms. The molecular formula is C13H19ClN4OS. The van der Waals surface area contributed by atoms with Crippen LogP contribution in [0, 0.1) is 6.92 Å². The summed E-state index contributed by atoms with van der Waals surface area (Å²) in [7, 11) is 0. The summed E-state index contributed by atoms with van der Waals surface area (Å²) in [5.74, 6) is 0.242. The summed E-state index contributed by atoms with van der Waals surface area (Å²) >= 11 is 7.53. The topological polar surface area (TPSA) is 63.8 Å². The van der Waals surface area contributed by atoms with Crippen LogP contribution in [-0.4, -0.2) is 24.5 Å². The van der Waals surface area contributed by atoms with Crippen LogP contribution in [0.5, 0.6) is 0 Å². The Morgan fingerprint density at radius 2 is 2.10 bits per heavy atom. The zero-order valence-corrected chi connectivity index (χ0v) is 13.7. The molecule has 0 amide bonds. The number of hydrogen-bond acceptors (Lipinski definition) is 5. The van der Waals surface area contributed by atoms with Gasteiger partial charge in [0.1, 0.15) is 0 Å². The van der Waals surface area contributed by atoms with E-state index in [9.17, 15) is 5.11 Å². The minimum absolute atomic E-state index is 0.242. The lowest BCUT2D eigenvalue weighted by atomic mass is 10.0. The lowest BCUT2D eigenvalue weighted by Gasteiger charge is -2.12. The van der Waals surface area contributed by atoms with Crippen molar-refractivity contribution in [3.05, 3.63) is 27.0 Å². The van der Waals surface area contributed by atoms with E-state index >= 15 is 0 Å². The summed E-state index contributed by atoms with van der Waals surface area (Å²) in [6.45, 7) is 8.69. The van der Waals surface area contributed by atoms with Crippen LogP contribution in [0.15, 0.2) is 0 Å². The molecule has 0 radical (unpaired) electrons. The molecule has 0 fully saturated rings. The molecule has 2 aromatic heterocycles. The lowest BCUT2D eigenvalue weighted by Crippen LogP contribution is -2.09. The predicted octanol–water partition coefficient (Wildman–Crippen LogP) is 3.12. The van der Waals surface area contributed by atoms with Crippen LogP contribution in [-0.2, 0) is 13.0 Å². The van der Waals surface area contributed by atoms with Crippen LogP contribution in [0.25, 0.3) is 0 Å². The van der Waals surface area contributed by atoms with Crippen molar-refractivity contribution in [3.8, 4) is 0 Å². The van der Waals surface area contributed by atoms with Gasteiger partial charge < -0.3 is 5.11 Å². The molecule has 0 aliphatic heterocycles. The maximum atomic E-state index is 10.5.